The van der Waals surface area contributed by atoms with E-state index in [4.69, 9.17) is 5.84 Å². The second kappa shape index (κ2) is 6.41. The first-order valence-electron chi connectivity index (χ1n) is 6.84. The molecule has 0 aliphatic carbocycles. The molecule has 0 saturated heterocycles. The van der Waals surface area contributed by atoms with Crippen molar-refractivity contribution in [1.82, 2.24) is 9.97 Å². The maximum Gasteiger partial charge on any atom is 0.148 e. The van der Waals surface area contributed by atoms with Crippen molar-refractivity contribution in [2.75, 3.05) is 10.7 Å². The molecule has 5 nitrogen and oxygen atoms in total. The number of hydrogen-bond donors (Lipinski definition) is 3. The molecule has 2 rings (SSSR count). The number of benzene rings is 1. The van der Waals surface area contributed by atoms with E-state index in [9.17, 15) is 0 Å². The zero-order valence-electron chi connectivity index (χ0n) is 12.7. The van der Waals surface area contributed by atoms with Crippen LogP contribution in [0.15, 0.2) is 16.6 Å². The van der Waals surface area contributed by atoms with Gasteiger partial charge in [-0.15, -0.1) is 0 Å². The van der Waals surface area contributed by atoms with Crippen LogP contribution in [0.25, 0.3) is 0 Å². The van der Waals surface area contributed by atoms with Crippen molar-refractivity contribution in [2.24, 2.45) is 5.84 Å². The Kier molecular flexibility index (Phi) is 4.80. The first-order valence-corrected chi connectivity index (χ1v) is 7.63. The van der Waals surface area contributed by atoms with Gasteiger partial charge in [-0.05, 0) is 44.0 Å². The zero-order chi connectivity index (χ0) is 15.6. The molecular weight excluding hydrogens is 330 g/mol. The maximum absolute atomic E-state index is 5.53. The molecule has 0 aliphatic heterocycles. The van der Waals surface area contributed by atoms with Crippen LogP contribution >= 0.6 is 15.9 Å². The van der Waals surface area contributed by atoms with E-state index in [-0.39, 0.29) is 0 Å². The van der Waals surface area contributed by atoms with Gasteiger partial charge in [0.1, 0.15) is 17.5 Å². The fourth-order valence-corrected chi connectivity index (χ4v) is 2.37. The maximum atomic E-state index is 5.53. The van der Waals surface area contributed by atoms with Crippen LogP contribution in [0.3, 0.4) is 0 Å². The molecule has 0 unspecified atom stereocenters. The minimum absolute atomic E-state index is 0.648. The largest absolute Gasteiger partial charge is 0.340 e. The Morgan fingerprint density at radius 1 is 1.10 bits per heavy atom. The van der Waals surface area contributed by atoms with Gasteiger partial charge >= 0.3 is 0 Å². The Morgan fingerprint density at radius 2 is 1.67 bits per heavy atom. The van der Waals surface area contributed by atoms with E-state index in [0.717, 1.165) is 33.8 Å². The summed E-state index contributed by atoms with van der Waals surface area (Å²) in [7, 11) is 0. The van der Waals surface area contributed by atoms with Gasteiger partial charge in [-0.3, -0.25) is 0 Å². The average molecular weight is 350 g/mol. The predicted molar refractivity (Wildman–Crippen MR) is 90.9 cm³/mol. The third-order valence-corrected chi connectivity index (χ3v) is 4.60. The number of aryl methyl sites for hydroxylation is 3. The van der Waals surface area contributed by atoms with Crippen LogP contribution in [0.1, 0.15) is 29.4 Å². The van der Waals surface area contributed by atoms with Gasteiger partial charge in [0, 0.05) is 22.1 Å². The highest BCUT2D eigenvalue weighted by Gasteiger charge is 2.11. The minimum atomic E-state index is 0.648. The molecule has 0 spiro atoms. The number of nitrogens with one attached hydrogen (secondary N) is 2. The summed E-state index contributed by atoms with van der Waals surface area (Å²) in [5.41, 5.74) is 6.88. The Hall–Kier alpha value is -1.66. The molecule has 0 bridgehead atoms. The third kappa shape index (κ3) is 3.33. The fraction of sp³-hybridized carbons (Fsp3) is 0.333. The molecule has 0 saturated carbocycles. The van der Waals surface area contributed by atoms with Crippen molar-refractivity contribution in [3.05, 3.63) is 39.1 Å². The summed E-state index contributed by atoms with van der Waals surface area (Å²) in [5.74, 6) is 7.70. The van der Waals surface area contributed by atoms with E-state index in [2.05, 4.69) is 62.6 Å². The summed E-state index contributed by atoms with van der Waals surface area (Å²) in [4.78, 5) is 8.91. The summed E-state index contributed by atoms with van der Waals surface area (Å²) < 4.78 is 1.13. The molecule has 1 aromatic heterocycles. The number of nitrogen functional groups attached to an aromatic ring is 1. The Balaban J connectivity index is 2.43. The van der Waals surface area contributed by atoms with Gasteiger partial charge < -0.3 is 10.7 Å². The molecule has 6 heteroatoms. The van der Waals surface area contributed by atoms with Crippen molar-refractivity contribution in [2.45, 2.75) is 34.1 Å². The Labute approximate surface area is 133 Å². The monoisotopic (exact) mass is 349 g/mol. The summed E-state index contributed by atoms with van der Waals surface area (Å²) in [6.45, 7) is 8.09. The minimum Gasteiger partial charge on any atom is -0.340 e. The third-order valence-electron chi connectivity index (χ3n) is 3.34. The molecule has 4 N–H and O–H groups in total. The molecule has 2 aromatic rings. The van der Waals surface area contributed by atoms with E-state index in [1.165, 1.54) is 11.1 Å². The van der Waals surface area contributed by atoms with E-state index < -0.39 is 0 Å². The van der Waals surface area contributed by atoms with Gasteiger partial charge in [0.25, 0.3) is 0 Å². The fourth-order valence-electron chi connectivity index (χ4n) is 2.14. The number of nitrogens with zero attached hydrogens (tertiary/aromatic N) is 2. The molecular formula is C15H20BrN5. The molecule has 0 fully saturated rings. The van der Waals surface area contributed by atoms with Crippen molar-refractivity contribution < 1.29 is 0 Å². The lowest BCUT2D eigenvalue weighted by Gasteiger charge is -2.14. The lowest BCUT2D eigenvalue weighted by molar-refractivity contribution is 0.932. The number of hydrogen-bond acceptors (Lipinski definition) is 5. The second-order valence-corrected chi connectivity index (χ2v) is 5.80. The highest BCUT2D eigenvalue weighted by atomic mass is 79.9. The van der Waals surface area contributed by atoms with Gasteiger partial charge in [0.2, 0.25) is 0 Å². The van der Waals surface area contributed by atoms with Crippen molar-refractivity contribution >= 4 is 33.3 Å². The SMILES string of the molecule is CCc1nc(NN)c(C)c(Nc2cc(C)c(Br)c(C)c2)n1. The molecule has 0 amide bonds. The van der Waals surface area contributed by atoms with Gasteiger partial charge in [0.15, 0.2) is 0 Å². The highest BCUT2D eigenvalue weighted by Crippen LogP contribution is 2.28. The normalized spacial score (nSPS) is 10.6. The van der Waals surface area contributed by atoms with E-state index in [0.29, 0.717) is 5.82 Å². The molecule has 0 aliphatic rings. The topological polar surface area (TPSA) is 75.9 Å². The second-order valence-electron chi connectivity index (χ2n) is 5.01. The molecule has 21 heavy (non-hydrogen) atoms. The van der Waals surface area contributed by atoms with Crippen molar-refractivity contribution in [3.8, 4) is 0 Å². The van der Waals surface area contributed by atoms with Crippen LogP contribution in [0.2, 0.25) is 0 Å². The molecule has 1 aromatic carbocycles. The van der Waals surface area contributed by atoms with Crippen LogP contribution in [0.4, 0.5) is 17.3 Å². The van der Waals surface area contributed by atoms with Crippen LogP contribution in [-0.2, 0) is 6.42 Å². The van der Waals surface area contributed by atoms with Crippen molar-refractivity contribution in [1.29, 1.82) is 0 Å². The van der Waals surface area contributed by atoms with Crippen LogP contribution < -0.4 is 16.6 Å². The number of nitrogens with two attached hydrogens (primary N) is 1. The molecule has 0 radical (unpaired) electrons. The quantitative estimate of drug-likeness (QED) is 0.578. The number of anilines is 3. The summed E-state index contributed by atoms with van der Waals surface area (Å²) in [6, 6.07) is 4.17. The lowest BCUT2D eigenvalue weighted by Crippen LogP contribution is -2.14. The smallest absolute Gasteiger partial charge is 0.148 e. The highest BCUT2D eigenvalue weighted by molar-refractivity contribution is 9.10. The summed E-state index contributed by atoms with van der Waals surface area (Å²) in [5, 5.41) is 3.36. The predicted octanol–water partition coefficient (Wildman–Crippen LogP) is 3.76. The van der Waals surface area contributed by atoms with Crippen molar-refractivity contribution in [3.63, 3.8) is 0 Å². The van der Waals surface area contributed by atoms with E-state index in [1.807, 2.05) is 13.8 Å². The first kappa shape index (κ1) is 15.7. The van der Waals surface area contributed by atoms with Gasteiger partial charge in [0.05, 0.1) is 0 Å². The number of rotatable bonds is 4. The van der Waals surface area contributed by atoms with Gasteiger partial charge in [-0.2, -0.15) is 0 Å². The first-order chi connectivity index (χ1) is 9.96. The lowest BCUT2D eigenvalue weighted by atomic mass is 10.1. The van der Waals surface area contributed by atoms with E-state index >= 15 is 0 Å². The molecule has 0 atom stereocenters. The van der Waals surface area contributed by atoms with Crippen LogP contribution in [0.5, 0.6) is 0 Å². The molecule has 1 heterocycles. The standard InChI is InChI=1S/C15H20BrN5/c1-5-12-19-14(10(4)15(20-12)21-17)18-11-6-8(2)13(16)9(3)7-11/h6-7H,5,17H2,1-4H3,(H2,18,19,20,21). The number of halogens is 1. The van der Waals surface area contributed by atoms with Crippen LogP contribution in [0, 0.1) is 20.8 Å². The zero-order valence-corrected chi connectivity index (χ0v) is 14.3. The molecule has 112 valence electrons. The summed E-state index contributed by atoms with van der Waals surface area (Å²) >= 11 is 3.58. The van der Waals surface area contributed by atoms with Gasteiger partial charge in [-0.25, -0.2) is 15.8 Å². The Morgan fingerprint density at radius 3 is 2.19 bits per heavy atom. The number of aromatic nitrogens is 2. The number of hydrazine groups is 1. The Bertz CT molecular complexity index is 646. The van der Waals surface area contributed by atoms with Crippen LogP contribution in [-0.4, -0.2) is 9.97 Å². The van der Waals surface area contributed by atoms with Gasteiger partial charge in [-0.1, -0.05) is 22.9 Å². The summed E-state index contributed by atoms with van der Waals surface area (Å²) in [6.07, 6.45) is 0.752. The average Bonchev–Trinajstić information content (AvgIpc) is 2.46. The van der Waals surface area contributed by atoms with E-state index in [1.54, 1.807) is 0 Å².